The van der Waals surface area contributed by atoms with Crippen molar-refractivity contribution < 1.29 is 19.4 Å². The lowest BCUT2D eigenvalue weighted by molar-refractivity contribution is -0.143. The lowest BCUT2D eigenvalue weighted by Crippen LogP contribution is -2.33. The number of carboxylic acids is 1. The molecule has 16 heavy (non-hydrogen) atoms. The predicted molar refractivity (Wildman–Crippen MR) is 61.5 cm³/mol. The van der Waals surface area contributed by atoms with Gasteiger partial charge in [-0.15, -0.1) is 0 Å². The van der Waals surface area contributed by atoms with Crippen molar-refractivity contribution in [2.75, 3.05) is 31.3 Å². The topological polar surface area (TPSA) is 75.6 Å². The minimum atomic E-state index is -1.06. The largest absolute Gasteiger partial charge is 0.480 e. The number of hydrogen-bond acceptors (Lipinski definition) is 4. The fraction of sp³-hybridized carbons (Fsp3) is 0.800. The Labute approximate surface area is 98.9 Å². The van der Waals surface area contributed by atoms with Gasteiger partial charge in [-0.25, -0.2) is 4.79 Å². The maximum atomic E-state index is 11.2. The molecule has 0 aromatic rings. The number of amides is 1. The summed E-state index contributed by atoms with van der Waals surface area (Å²) in [7, 11) is 0. The summed E-state index contributed by atoms with van der Waals surface area (Å²) in [5.41, 5.74) is 0. The molecule has 1 saturated heterocycles. The molecule has 0 saturated carbocycles. The van der Waals surface area contributed by atoms with Gasteiger partial charge < -0.3 is 15.2 Å². The number of carbonyl (C=O) groups excluding carboxylic acids is 1. The quantitative estimate of drug-likeness (QED) is 0.708. The van der Waals surface area contributed by atoms with Crippen LogP contribution >= 0.6 is 11.8 Å². The molecule has 92 valence electrons. The van der Waals surface area contributed by atoms with E-state index in [1.54, 1.807) is 0 Å². The maximum absolute atomic E-state index is 11.2. The Balaban J connectivity index is 2.02. The van der Waals surface area contributed by atoms with Crippen LogP contribution in [0.3, 0.4) is 0 Å². The van der Waals surface area contributed by atoms with Gasteiger partial charge >= 0.3 is 5.97 Å². The van der Waals surface area contributed by atoms with Gasteiger partial charge in [0, 0.05) is 6.54 Å². The molecule has 1 rings (SSSR count). The van der Waals surface area contributed by atoms with Crippen LogP contribution in [0.25, 0.3) is 0 Å². The van der Waals surface area contributed by atoms with Gasteiger partial charge in [0.1, 0.15) is 13.2 Å². The van der Waals surface area contributed by atoms with E-state index in [-0.39, 0.29) is 12.5 Å². The predicted octanol–water partition coefficient (Wildman–Crippen LogP) is 0.347. The van der Waals surface area contributed by atoms with Crippen molar-refractivity contribution in [1.82, 2.24) is 5.32 Å². The van der Waals surface area contributed by atoms with Crippen LogP contribution in [-0.4, -0.2) is 48.2 Å². The highest BCUT2D eigenvalue weighted by atomic mass is 32.2. The Kier molecular flexibility index (Phi) is 6.25. The molecular formula is C10H17NO4S. The van der Waals surface area contributed by atoms with E-state index in [1.165, 1.54) is 0 Å². The van der Waals surface area contributed by atoms with E-state index in [9.17, 15) is 9.59 Å². The number of thioether (sulfide) groups is 1. The zero-order valence-electron chi connectivity index (χ0n) is 9.11. The maximum Gasteiger partial charge on any atom is 0.329 e. The Morgan fingerprint density at radius 1 is 1.31 bits per heavy atom. The summed E-state index contributed by atoms with van der Waals surface area (Å²) in [6.45, 7) is 0.0804. The molecule has 0 bridgehead atoms. The number of aliphatic carboxylic acids is 1. The summed E-state index contributed by atoms with van der Waals surface area (Å²) in [5.74, 6) is 1.59. The van der Waals surface area contributed by atoms with Crippen LogP contribution in [0, 0.1) is 5.92 Å². The summed E-state index contributed by atoms with van der Waals surface area (Å²) in [4.78, 5) is 21.4. The van der Waals surface area contributed by atoms with Crippen molar-refractivity contribution in [2.45, 2.75) is 12.8 Å². The van der Waals surface area contributed by atoms with Gasteiger partial charge in [0.25, 0.3) is 0 Å². The highest BCUT2D eigenvalue weighted by molar-refractivity contribution is 7.99. The highest BCUT2D eigenvalue weighted by Gasteiger charge is 2.14. The molecular weight excluding hydrogens is 230 g/mol. The number of nitrogens with one attached hydrogen (secondary N) is 1. The van der Waals surface area contributed by atoms with Crippen LogP contribution in [-0.2, 0) is 14.3 Å². The van der Waals surface area contributed by atoms with E-state index in [1.807, 2.05) is 11.8 Å². The monoisotopic (exact) mass is 247 g/mol. The second-order valence-electron chi connectivity index (χ2n) is 3.75. The van der Waals surface area contributed by atoms with Gasteiger partial charge in [0.15, 0.2) is 0 Å². The fourth-order valence-corrected chi connectivity index (χ4v) is 2.69. The third-order valence-corrected chi connectivity index (χ3v) is 3.44. The Hall–Kier alpha value is -0.750. The zero-order valence-corrected chi connectivity index (χ0v) is 9.92. The first-order valence-electron chi connectivity index (χ1n) is 5.32. The molecule has 0 radical (unpaired) electrons. The number of rotatable bonds is 6. The average molecular weight is 247 g/mol. The van der Waals surface area contributed by atoms with E-state index in [2.05, 4.69) is 10.1 Å². The number of ether oxygens (including phenoxy) is 1. The van der Waals surface area contributed by atoms with Crippen LogP contribution in [0.5, 0.6) is 0 Å². The highest BCUT2D eigenvalue weighted by Crippen LogP contribution is 2.21. The Bertz CT molecular complexity index is 241. The van der Waals surface area contributed by atoms with E-state index < -0.39 is 12.6 Å². The molecule has 0 spiro atoms. The van der Waals surface area contributed by atoms with E-state index in [0.29, 0.717) is 12.5 Å². The molecule has 5 nitrogen and oxygen atoms in total. The summed E-state index contributed by atoms with van der Waals surface area (Å²) >= 11 is 1.95. The third kappa shape index (κ3) is 5.97. The summed E-state index contributed by atoms with van der Waals surface area (Å²) in [6, 6.07) is 0. The Morgan fingerprint density at radius 2 is 2.00 bits per heavy atom. The standard InChI is InChI=1S/C10H17NO4S/c12-9(6-15-7-10(13)14)11-5-8-1-3-16-4-2-8/h8H,1-7H2,(H,11,12)(H,13,14). The fourth-order valence-electron chi connectivity index (χ4n) is 1.49. The van der Waals surface area contributed by atoms with Crippen molar-refractivity contribution in [1.29, 1.82) is 0 Å². The molecule has 0 aromatic heterocycles. The first-order valence-corrected chi connectivity index (χ1v) is 6.48. The van der Waals surface area contributed by atoms with Gasteiger partial charge in [0.2, 0.25) is 5.91 Å². The van der Waals surface area contributed by atoms with Crippen LogP contribution in [0.15, 0.2) is 0 Å². The first kappa shape index (κ1) is 13.3. The van der Waals surface area contributed by atoms with Gasteiger partial charge in [0.05, 0.1) is 0 Å². The Morgan fingerprint density at radius 3 is 2.62 bits per heavy atom. The third-order valence-electron chi connectivity index (χ3n) is 2.39. The van der Waals surface area contributed by atoms with Crippen molar-refractivity contribution in [3.05, 3.63) is 0 Å². The lowest BCUT2D eigenvalue weighted by atomic mass is 10.0. The minimum Gasteiger partial charge on any atom is -0.480 e. The minimum absolute atomic E-state index is 0.173. The smallest absolute Gasteiger partial charge is 0.329 e. The number of carbonyl (C=O) groups is 2. The molecule has 0 aliphatic carbocycles. The normalized spacial score (nSPS) is 17.0. The lowest BCUT2D eigenvalue weighted by Gasteiger charge is -2.21. The van der Waals surface area contributed by atoms with Crippen LogP contribution < -0.4 is 5.32 Å². The second-order valence-corrected chi connectivity index (χ2v) is 4.97. The molecule has 1 heterocycles. The van der Waals surface area contributed by atoms with Crippen LogP contribution in [0.2, 0.25) is 0 Å². The molecule has 0 aromatic carbocycles. The summed E-state index contributed by atoms with van der Waals surface area (Å²) < 4.78 is 4.68. The first-order chi connectivity index (χ1) is 7.68. The molecule has 0 atom stereocenters. The SMILES string of the molecule is O=C(O)COCC(=O)NCC1CCSCC1. The van der Waals surface area contributed by atoms with Gasteiger partial charge in [-0.3, -0.25) is 4.79 Å². The molecule has 1 aliphatic heterocycles. The van der Waals surface area contributed by atoms with Crippen LogP contribution in [0.4, 0.5) is 0 Å². The van der Waals surface area contributed by atoms with Crippen molar-refractivity contribution >= 4 is 23.6 Å². The average Bonchev–Trinajstić information content (AvgIpc) is 2.27. The van der Waals surface area contributed by atoms with Gasteiger partial charge in [-0.1, -0.05) is 0 Å². The van der Waals surface area contributed by atoms with E-state index in [4.69, 9.17) is 5.11 Å². The summed E-state index contributed by atoms with van der Waals surface area (Å²) in [6.07, 6.45) is 2.28. The number of hydrogen-bond donors (Lipinski definition) is 2. The summed E-state index contributed by atoms with van der Waals surface area (Å²) in [5, 5.41) is 11.1. The second kappa shape index (κ2) is 7.51. The van der Waals surface area contributed by atoms with Crippen LogP contribution in [0.1, 0.15) is 12.8 Å². The van der Waals surface area contributed by atoms with Gasteiger partial charge in [-0.05, 0) is 30.3 Å². The molecule has 0 unspecified atom stereocenters. The van der Waals surface area contributed by atoms with Crippen molar-refractivity contribution in [3.8, 4) is 0 Å². The molecule has 1 amide bonds. The van der Waals surface area contributed by atoms with Crippen molar-refractivity contribution in [2.24, 2.45) is 5.92 Å². The molecule has 2 N–H and O–H groups in total. The van der Waals surface area contributed by atoms with Gasteiger partial charge in [-0.2, -0.15) is 11.8 Å². The van der Waals surface area contributed by atoms with Crippen molar-refractivity contribution in [3.63, 3.8) is 0 Å². The molecule has 1 fully saturated rings. The molecule has 6 heteroatoms. The molecule has 1 aliphatic rings. The van der Waals surface area contributed by atoms with E-state index >= 15 is 0 Å². The van der Waals surface area contributed by atoms with E-state index in [0.717, 1.165) is 24.3 Å². The number of carboxylic acid groups (broad SMARTS) is 1. The zero-order chi connectivity index (χ0) is 11.8.